The molecule has 1 aromatic rings. The second-order valence-corrected chi connectivity index (χ2v) is 4.24. The third-order valence-corrected chi connectivity index (χ3v) is 2.57. The summed E-state index contributed by atoms with van der Waals surface area (Å²) >= 11 is 0. The summed E-state index contributed by atoms with van der Waals surface area (Å²) in [7, 11) is 1.54. The minimum absolute atomic E-state index is 0.0239. The van der Waals surface area contributed by atoms with E-state index in [1.165, 1.54) is 7.11 Å². The fourth-order valence-corrected chi connectivity index (χ4v) is 1.54. The van der Waals surface area contributed by atoms with Crippen LogP contribution < -0.4 is 10.6 Å². The lowest BCUT2D eigenvalue weighted by molar-refractivity contribution is -0.139. The molecule has 0 fully saturated rings. The molecule has 0 aromatic heterocycles. The molecular weight excluding hydrogens is 292 g/mol. The maximum absolute atomic E-state index is 13.1. The van der Waals surface area contributed by atoms with Crippen molar-refractivity contribution in [3.05, 3.63) is 29.6 Å². The van der Waals surface area contributed by atoms with Gasteiger partial charge in [0.15, 0.2) is 0 Å². The first-order valence-electron chi connectivity index (χ1n) is 6.21. The molecule has 0 spiro atoms. The van der Waals surface area contributed by atoms with Gasteiger partial charge in [0.05, 0.1) is 12.1 Å². The fourth-order valence-electron chi connectivity index (χ4n) is 1.54. The zero-order chi connectivity index (χ0) is 15.9. The number of hydrogen-bond donors (Lipinski definition) is 2. The summed E-state index contributed by atoms with van der Waals surface area (Å²) in [4.78, 5) is 11.4. The Morgan fingerprint density at radius 1 is 1.33 bits per heavy atom. The van der Waals surface area contributed by atoms with E-state index in [0.29, 0.717) is 31.7 Å². The molecule has 0 radical (unpaired) electrons. The average Bonchev–Trinajstić information content (AvgIpc) is 2.41. The van der Waals surface area contributed by atoms with Crippen molar-refractivity contribution in [2.45, 2.75) is 12.6 Å². The molecule has 0 heterocycles. The van der Waals surface area contributed by atoms with E-state index in [0.717, 1.165) is 6.07 Å². The van der Waals surface area contributed by atoms with E-state index in [-0.39, 0.29) is 18.1 Å². The number of benzene rings is 1. The van der Waals surface area contributed by atoms with Gasteiger partial charge < -0.3 is 15.4 Å². The highest BCUT2D eigenvalue weighted by molar-refractivity contribution is 5.80. The lowest BCUT2D eigenvalue weighted by atomic mass is 10.2. The molecule has 0 saturated carbocycles. The molecule has 0 saturated heterocycles. The van der Waals surface area contributed by atoms with Crippen LogP contribution in [0, 0.1) is 5.82 Å². The fraction of sp³-hybridized carbons (Fsp3) is 0.462. The van der Waals surface area contributed by atoms with Gasteiger partial charge in [0.1, 0.15) is 5.82 Å². The number of methoxy groups -OCH3 is 1. The van der Waals surface area contributed by atoms with Crippen molar-refractivity contribution in [3.8, 4) is 0 Å². The molecule has 1 rings (SSSR count). The predicted octanol–water partition coefficient (Wildman–Crippen LogP) is 2.41. The van der Waals surface area contributed by atoms with Gasteiger partial charge in [-0.3, -0.25) is 4.79 Å². The molecule has 0 aliphatic heterocycles. The Labute approximate surface area is 119 Å². The standard InChI is InChI=1S/C13H16F4N2O2/c1-21-6-2-5-18-12(20)8-19-9-3-4-11(14)10(7-9)13(15,16)17/h3-4,7,19H,2,5-6,8H2,1H3,(H,18,20). The molecule has 0 aliphatic carbocycles. The van der Waals surface area contributed by atoms with Gasteiger partial charge in [0, 0.05) is 25.9 Å². The number of anilines is 1. The SMILES string of the molecule is COCCCNC(=O)CNc1ccc(F)c(C(F)(F)F)c1. The third-order valence-electron chi connectivity index (χ3n) is 2.57. The number of nitrogens with one attached hydrogen (secondary N) is 2. The van der Waals surface area contributed by atoms with Gasteiger partial charge in [-0.25, -0.2) is 4.39 Å². The van der Waals surface area contributed by atoms with Gasteiger partial charge in [0.2, 0.25) is 5.91 Å². The normalized spacial score (nSPS) is 11.3. The first kappa shape index (κ1) is 17.2. The van der Waals surface area contributed by atoms with Gasteiger partial charge in [-0.15, -0.1) is 0 Å². The van der Waals surface area contributed by atoms with Crippen LogP contribution in [0.25, 0.3) is 0 Å². The topological polar surface area (TPSA) is 50.4 Å². The van der Waals surface area contributed by atoms with Crippen LogP contribution in [-0.2, 0) is 15.7 Å². The number of carbonyl (C=O) groups is 1. The van der Waals surface area contributed by atoms with E-state index in [1.54, 1.807) is 0 Å². The number of halogens is 4. The summed E-state index contributed by atoms with van der Waals surface area (Å²) in [5.41, 5.74) is -1.34. The van der Waals surface area contributed by atoms with Gasteiger partial charge in [-0.2, -0.15) is 13.2 Å². The number of carbonyl (C=O) groups excluding carboxylic acids is 1. The van der Waals surface area contributed by atoms with Crippen LogP contribution in [0.15, 0.2) is 18.2 Å². The van der Waals surface area contributed by atoms with Crippen LogP contribution >= 0.6 is 0 Å². The van der Waals surface area contributed by atoms with Gasteiger partial charge in [0.25, 0.3) is 0 Å². The second kappa shape index (κ2) is 7.82. The van der Waals surface area contributed by atoms with Crippen LogP contribution in [0.4, 0.5) is 23.2 Å². The summed E-state index contributed by atoms with van der Waals surface area (Å²) in [6, 6.07) is 2.48. The lowest BCUT2D eigenvalue weighted by Crippen LogP contribution is -2.31. The lowest BCUT2D eigenvalue weighted by Gasteiger charge is -2.11. The van der Waals surface area contributed by atoms with Crippen molar-refractivity contribution >= 4 is 11.6 Å². The number of amides is 1. The van der Waals surface area contributed by atoms with E-state index < -0.39 is 17.6 Å². The number of ether oxygens (including phenoxy) is 1. The quantitative estimate of drug-likeness (QED) is 0.601. The zero-order valence-corrected chi connectivity index (χ0v) is 11.4. The van der Waals surface area contributed by atoms with E-state index in [1.807, 2.05) is 0 Å². The monoisotopic (exact) mass is 308 g/mol. The summed E-state index contributed by atoms with van der Waals surface area (Å²) in [5, 5.41) is 5.08. The maximum atomic E-state index is 13.1. The minimum atomic E-state index is -4.77. The number of hydrogen-bond acceptors (Lipinski definition) is 3. The van der Waals surface area contributed by atoms with Crippen molar-refractivity contribution in [1.82, 2.24) is 5.32 Å². The number of rotatable bonds is 7. The van der Waals surface area contributed by atoms with Crippen molar-refractivity contribution < 1.29 is 27.1 Å². The van der Waals surface area contributed by atoms with Gasteiger partial charge in [-0.05, 0) is 24.6 Å². The average molecular weight is 308 g/mol. The Hall–Kier alpha value is -1.83. The Morgan fingerprint density at radius 2 is 2.05 bits per heavy atom. The van der Waals surface area contributed by atoms with E-state index in [2.05, 4.69) is 10.6 Å². The number of alkyl halides is 3. The Bertz CT molecular complexity index is 478. The Balaban J connectivity index is 2.51. The largest absolute Gasteiger partial charge is 0.419 e. The van der Waals surface area contributed by atoms with E-state index >= 15 is 0 Å². The first-order valence-corrected chi connectivity index (χ1v) is 6.21. The molecule has 4 nitrogen and oxygen atoms in total. The molecule has 21 heavy (non-hydrogen) atoms. The van der Waals surface area contributed by atoms with Gasteiger partial charge >= 0.3 is 6.18 Å². The van der Waals surface area contributed by atoms with E-state index in [4.69, 9.17) is 4.74 Å². The van der Waals surface area contributed by atoms with E-state index in [9.17, 15) is 22.4 Å². The molecule has 1 aromatic carbocycles. The molecule has 0 atom stereocenters. The summed E-state index contributed by atoms with van der Waals surface area (Å²) in [6.07, 6.45) is -4.14. The molecule has 8 heteroatoms. The third kappa shape index (κ3) is 5.99. The summed E-state index contributed by atoms with van der Waals surface area (Å²) < 4.78 is 55.4. The summed E-state index contributed by atoms with van der Waals surface area (Å²) in [5.74, 6) is -1.72. The van der Waals surface area contributed by atoms with Gasteiger partial charge in [-0.1, -0.05) is 0 Å². The molecule has 0 aliphatic rings. The van der Waals surface area contributed by atoms with Crippen molar-refractivity contribution in [2.24, 2.45) is 0 Å². The highest BCUT2D eigenvalue weighted by atomic mass is 19.4. The predicted molar refractivity (Wildman–Crippen MR) is 69.4 cm³/mol. The zero-order valence-electron chi connectivity index (χ0n) is 11.4. The van der Waals surface area contributed by atoms with Crippen LogP contribution in [0.3, 0.4) is 0 Å². The summed E-state index contributed by atoms with van der Waals surface area (Å²) in [6.45, 7) is 0.710. The van der Waals surface area contributed by atoms with Crippen LogP contribution in [0.2, 0.25) is 0 Å². The molecular formula is C13H16F4N2O2. The van der Waals surface area contributed by atoms with Crippen molar-refractivity contribution in [2.75, 3.05) is 32.1 Å². The molecule has 0 bridgehead atoms. The van der Waals surface area contributed by atoms with Crippen molar-refractivity contribution in [1.29, 1.82) is 0 Å². The smallest absolute Gasteiger partial charge is 0.385 e. The highest BCUT2D eigenvalue weighted by Gasteiger charge is 2.34. The molecule has 2 N–H and O–H groups in total. The van der Waals surface area contributed by atoms with Crippen LogP contribution in [0.1, 0.15) is 12.0 Å². The highest BCUT2D eigenvalue weighted by Crippen LogP contribution is 2.32. The molecule has 118 valence electrons. The van der Waals surface area contributed by atoms with Crippen LogP contribution in [0.5, 0.6) is 0 Å². The first-order chi connectivity index (χ1) is 9.84. The molecule has 1 amide bonds. The molecule has 0 unspecified atom stereocenters. The van der Waals surface area contributed by atoms with Crippen molar-refractivity contribution in [3.63, 3.8) is 0 Å². The Kier molecular flexibility index (Phi) is 6.41. The maximum Gasteiger partial charge on any atom is 0.419 e. The second-order valence-electron chi connectivity index (χ2n) is 4.24. The Morgan fingerprint density at radius 3 is 2.67 bits per heavy atom. The minimum Gasteiger partial charge on any atom is -0.385 e. The van der Waals surface area contributed by atoms with Crippen LogP contribution in [-0.4, -0.2) is 32.7 Å².